The van der Waals surface area contributed by atoms with E-state index in [0.717, 1.165) is 11.3 Å². The van der Waals surface area contributed by atoms with Crippen molar-refractivity contribution in [2.24, 2.45) is 0 Å². The van der Waals surface area contributed by atoms with Gasteiger partial charge in [-0.1, -0.05) is 12.1 Å². The normalized spacial score (nSPS) is 11.7. The largest absolute Gasteiger partial charge is 0.497 e. The molecule has 1 aromatic rings. The molecule has 6 nitrogen and oxygen atoms in total. The molecule has 0 aliphatic rings. The molecule has 1 aromatic carbocycles. The number of hydrogen-bond acceptors (Lipinski definition) is 4. The maximum absolute atomic E-state index is 11.5. The summed E-state index contributed by atoms with van der Waals surface area (Å²) in [6.07, 6.45) is 0.713. The van der Waals surface area contributed by atoms with Gasteiger partial charge in [-0.15, -0.1) is 0 Å². The zero-order chi connectivity index (χ0) is 15.0. The number of ether oxygens (including phenoxy) is 1. The van der Waals surface area contributed by atoms with Crippen LogP contribution in [0.2, 0.25) is 0 Å². The van der Waals surface area contributed by atoms with E-state index >= 15 is 0 Å². The minimum atomic E-state index is -0.976. The van der Waals surface area contributed by atoms with E-state index in [9.17, 15) is 9.59 Å². The first-order chi connectivity index (χ1) is 9.52. The van der Waals surface area contributed by atoms with Crippen molar-refractivity contribution in [2.45, 2.75) is 19.4 Å². The molecule has 1 unspecified atom stereocenters. The SMILES string of the molecule is COc1ccc(CCNC(=O)CNC(C)C(=O)O)cc1. The van der Waals surface area contributed by atoms with Crippen LogP contribution in [-0.2, 0) is 16.0 Å². The number of nitrogens with one attached hydrogen (secondary N) is 2. The summed E-state index contributed by atoms with van der Waals surface area (Å²) in [6.45, 7) is 2.00. The Hall–Kier alpha value is -2.08. The summed E-state index contributed by atoms with van der Waals surface area (Å²) in [4.78, 5) is 22.0. The monoisotopic (exact) mass is 280 g/mol. The molecule has 0 saturated carbocycles. The average molecular weight is 280 g/mol. The lowest BCUT2D eigenvalue weighted by Gasteiger charge is -2.09. The van der Waals surface area contributed by atoms with Gasteiger partial charge in [-0.25, -0.2) is 0 Å². The van der Waals surface area contributed by atoms with Crippen LogP contribution in [0.15, 0.2) is 24.3 Å². The number of carboxylic acid groups (broad SMARTS) is 1. The summed E-state index contributed by atoms with van der Waals surface area (Å²) in [5.41, 5.74) is 1.10. The minimum absolute atomic E-state index is 0.00389. The second kappa shape index (κ2) is 8.16. The van der Waals surface area contributed by atoms with E-state index in [0.29, 0.717) is 13.0 Å². The van der Waals surface area contributed by atoms with Crippen LogP contribution in [0.1, 0.15) is 12.5 Å². The maximum Gasteiger partial charge on any atom is 0.320 e. The van der Waals surface area contributed by atoms with Gasteiger partial charge in [-0.2, -0.15) is 0 Å². The van der Waals surface area contributed by atoms with E-state index in [-0.39, 0.29) is 12.5 Å². The second-order valence-corrected chi connectivity index (χ2v) is 4.39. The highest BCUT2D eigenvalue weighted by Gasteiger charge is 2.11. The third kappa shape index (κ3) is 5.71. The third-order valence-corrected chi connectivity index (χ3v) is 2.83. The number of benzene rings is 1. The van der Waals surface area contributed by atoms with E-state index in [1.807, 2.05) is 24.3 Å². The van der Waals surface area contributed by atoms with E-state index in [1.54, 1.807) is 7.11 Å². The molecule has 0 aromatic heterocycles. The predicted octanol–water partition coefficient (Wildman–Crippen LogP) is 0.417. The lowest BCUT2D eigenvalue weighted by molar-refractivity contribution is -0.139. The molecule has 0 radical (unpaired) electrons. The van der Waals surface area contributed by atoms with Crippen LogP contribution in [0.3, 0.4) is 0 Å². The molecule has 6 heteroatoms. The highest BCUT2D eigenvalue weighted by atomic mass is 16.5. The Bertz CT molecular complexity index is 445. The quantitative estimate of drug-likeness (QED) is 0.642. The molecule has 0 aliphatic heterocycles. The highest BCUT2D eigenvalue weighted by Crippen LogP contribution is 2.11. The van der Waals surface area contributed by atoms with Gasteiger partial charge in [0.05, 0.1) is 13.7 Å². The maximum atomic E-state index is 11.5. The van der Waals surface area contributed by atoms with Gasteiger partial charge in [0.1, 0.15) is 11.8 Å². The van der Waals surface area contributed by atoms with Crippen molar-refractivity contribution >= 4 is 11.9 Å². The number of aliphatic carboxylic acids is 1. The zero-order valence-corrected chi connectivity index (χ0v) is 11.7. The lowest BCUT2D eigenvalue weighted by atomic mass is 10.1. The minimum Gasteiger partial charge on any atom is -0.497 e. The molecule has 0 fully saturated rings. The molecular formula is C14H20N2O4. The first kappa shape index (κ1) is 16.0. The lowest BCUT2D eigenvalue weighted by Crippen LogP contribution is -2.41. The van der Waals surface area contributed by atoms with Crippen molar-refractivity contribution in [3.63, 3.8) is 0 Å². The fourth-order valence-corrected chi connectivity index (χ4v) is 1.53. The number of amides is 1. The summed E-state index contributed by atoms with van der Waals surface area (Å²) < 4.78 is 5.06. The van der Waals surface area contributed by atoms with Gasteiger partial charge < -0.3 is 15.2 Å². The Kier molecular flexibility index (Phi) is 6.52. The number of carbonyl (C=O) groups is 2. The third-order valence-electron chi connectivity index (χ3n) is 2.83. The Morgan fingerprint density at radius 3 is 2.50 bits per heavy atom. The Morgan fingerprint density at radius 1 is 1.30 bits per heavy atom. The van der Waals surface area contributed by atoms with Gasteiger partial charge in [0, 0.05) is 6.54 Å². The molecule has 0 spiro atoms. The molecule has 110 valence electrons. The molecule has 1 atom stereocenters. The fraction of sp³-hybridized carbons (Fsp3) is 0.429. The van der Waals surface area contributed by atoms with Gasteiger partial charge >= 0.3 is 5.97 Å². The highest BCUT2D eigenvalue weighted by molar-refractivity contribution is 5.79. The number of rotatable bonds is 8. The van der Waals surface area contributed by atoms with Gasteiger partial charge in [0.2, 0.25) is 5.91 Å². The Balaban J connectivity index is 2.22. The van der Waals surface area contributed by atoms with Gasteiger partial charge in [-0.05, 0) is 31.0 Å². The summed E-state index contributed by atoms with van der Waals surface area (Å²) in [6, 6.07) is 6.88. The van der Waals surface area contributed by atoms with E-state index in [4.69, 9.17) is 9.84 Å². The van der Waals surface area contributed by atoms with Crippen molar-refractivity contribution < 1.29 is 19.4 Å². The Morgan fingerprint density at radius 2 is 1.95 bits per heavy atom. The summed E-state index contributed by atoms with van der Waals surface area (Å²) in [7, 11) is 1.61. The molecule has 3 N–H and O–H groups in total. The van der Waals surface area contributed by atoms with Crippen molar-refractivity contribution in [2.75, 3.05) is 20.2 Å². The summed E-state index contributed by atoms with van der Waals surface area (Å²) in [5, 5.41) is 14.0. The smallest absolute Gasteiger partial charge is 0.320 e. The molecule has 1 amide bonds. The van der Waals surface area contributed by atoms with Crippen LogP contribution < -0.4 is 15.4 Å². The average Bonchev–Trinajstić information content (AvgIpc) is 2.45. The molecule has 20 heavy (non-hydrogen) atoms. The topological polar surface area (TPSA) is 87.7 Å². The van der Waals surface area contributed by atoms with Crippen LogP contribution in [0.4, 0.5) is 0 Å². The Labute approximate surface area is 118 Å². The van der Waals surface area contributed by atoms with Gasteiger partial charge in [0.25, 0.3) is 0 Å². The van der Waals surface area contributed by atoms with Crippen LogP contribution in [0, 0.1) is 0 Å². The van der Waals surface area contributed by atoms with Crippen molar-refractivity contribution in [1.82, 2.24) is 10.6 Å². The number of hydrogen-bond donors (Lipinski definition) is 3. The molecule has 0 heterocycles. The summed E-state index contributed by atoms with van der Waals surface area (Å²) in [5.74, 6) is -0.396. The van der Waals surface area contributed by atoms with Crippen molar-refractivity contribution in [1.29, 1.82) is 0 Å². The number of methoxy groups -OCH3 is 1. The van der Waals surface area contributed by atoms with Crippen molar-refractivity contribution in [3.8, 4) is 5.75 Å². The molecule has 0 aliphatic carbocycles. The van der Waals surface area contributed by atoms with Crippen LogP contribution in [0.25, 0.3) is 0 Å². The van der Waals surface area contributed by atoms with Crippen molar-refractivity contribution in [3.05, 3.63) is 29.8 Å². The molecule has 0 saturated heterocycles. The number of carbonyl (C=O) groups excluding carboxylic acids is 1. The van der Waals surface area contributed by atoms with Gasteiger partial charge in [-0.3, -0.25) is 14.9 Å². The predicted molar refractivity (Wildman–Crippen MR) is 74.8 cm³/mol. The molecular weight excluding hydrogens is 260 g/mol. The molecule has 1 rings (SSSR count). The van der Waals surface area contributed by atoms with E-state index < -0.39 is 12.0 Å². The first-order valence-electron chi connectivity index (χ1n) is 6.38. The van der Waals surface area contributed by atoms with Crippen LogP contribution in [-0.4, -0.2) is 43.2 Å². The van der Waals surface area contributed by atoms with E-state index in [2.05, 4.69) is 10.6 Å². The molecule has 0 bridgehead atoms. The fourth-order valence-electron chi connectivity index (χ4n) is 1.53. The van der Waals surface area contributed by atoms with E-state index in [1.165, 1.54) is 6.92 Å². The second-order valence-electron chi connectivity index (χ2n) is 4.39. The number of carboxylic acids is 1. The van der Waals surface area contributed by atoms with Gasteiger partial charge in [0.15, 0.2) is 0 Å². The standard InChI is InChI=1S/C14H20N2O4/c1-10(14(18)19)16-9-13(17)15-8-7-11-3-5-12(20-2)6-4-11/h3-6,10,16H,7-9H2,1-2H3,(H,15,17)(H,18,19). The van der Waals surface area contributed by atoms with Crippen LogP contribution >= 0.6 is 0 Å². The first-order valence-corrected chi connectivity index (χ1v) is 6.38. The van der Waals surface area contributed by atoms with Crippen LogP contribution in [0.5, 0.6) is 5.75 Å². The zero-order valence-electron chi connectivity index (χ0n) is 11.7. The summed E-state index contributed by atoms with van der Waals surface area (Å²) >= 11 is 0.